The molecule has 1 aliphatic heterocycles. The minimum Gasteiger partial charge on any atom is -0.330 e. The molecule has 0 aliphatic carbocycles. The van der Waals surface area contributed by atoms with Crippen molar-refractivity contribution in [3.8, 4) is 0 Å². The predicted octanol–water partition coefficient (Wildman–Crippen LogP) is 0.540. The van der Waals surface area contributed by atoms with Crippen molar-refractivity contribution in [3.63, 3.8) is 0 Å². The highest BCUT2D eigenvalue weighted by Gasteiger charge is 2.28. The smallest absolute Gasteiger partial charge is 0.290 e. The Labute approximate surface area is 69.6 Å². The maximum Gasteiger partial charge on any atom is 0.290 e. The Kier molecular flexibility index (Phi) is 2.29. The molecule has 1 heterocycles. The number of amides is 1. The molecule has 1 aliphatic rings. The van der Waals surface area contributed by atoms with E-state index in [4.69, 9.17) is 11.6 Å². The number of carbonyl (C=O) groups excluding carboxylic acids is 2. The molecule has 0 aromatic carbocycles. The van der Waals surface area contributed by atoms with Crippen LogP contribution >= 0.6 is 11.6 Å². The Morgan fingerprint density at radius 3 is 2.64 bits per heavy atom. The summed E-state index contributed by atoms with van der Waals surface area (Å²) in [6.07, 6.45) is 0.309. The van der Waals surface area contributed by atoms with E-state index in [9.17, 15) is 9.59 Å². The highest BCUT2D eigenvalue weighted by Crippen LogP contribution is 2.09. The topological polar surface area (TPSA) is 37.4 Å². The molecule has 11 heavy (non-hydrogen) atoms. The van der Waals surface area contributed by atoms with Crippen LogP contribution in [-0.2, 0) is 9.59 Å². The molecule has 1 saturated heterocycles. The number of likely N-dealkylation sites (tertiary alicyclic amines) is 1. The van der Waals surface area contributed by atoms with Crippen molar-refractivity contribution >= 4 is 23.3 Å². The molecule has 1 amide bonds. The van der Waals surface area contributed by atoms with Crippen LogP contribution in [0.2, 0.25) is 0 Å². The summed E-state index contributed by atoms with van der Waals surface area (Å²) >= 11 is 5.47. The Bertz CT molecular complexity index is 224. The molecule has 0 aromatic heterocycles. The van der Waals surface area contributed by atoms with Gasteiger partial charge in [-0.15, -0.1) is 0 Å². The average molecular weight is 174 g/mol. The van der Waals surface area contributed by atoms with E-state index in [-0.39, 0.29) is 12.3 Å². The zero-order valence-electron chi connectivity index (χ0n) is 5.97. The van der Waals surface area contributed by atoms with E-state index in [1.54, 1.807) is 0 Å². The summed E-state index contributed by atoms with van der Waals surface area (Å²) in [5.74, 6) is -0.769. The van der Waals surface area contributed by atoms with Gasteiger partial charge >= 0.3 is 0 Å². The van der Waals surface area contributed by atoms with Crippen molar-refractivity contribution in [2.45, 2.75) is 6.42 Å². The summed E-state index contributed by atoms with van der Waals surface area (Å²) in [6, 6.07) is 0. The number of Topliss-reactive ketones (excluding diaryl/α,β-unsaturated/α-hetero) is 1. The van der Waals surface area contributed by atoms with Crippen LogP contribution in [0, 0.1) is 0 Å². The number of carbonyl (C=O) groups is 2. The van der Waals surface area contributed by atoms with Gasteiger partial charge in [-0.2, -0.15) is 0 Å². The predicted molar refractivity (Wildman–Crippen MR) is 41.2 cm³/mol. The lowest BCUT2D eigenvalue weighted by molar-refractivity contribution is -0.139. The second-order valence-corrected chi connectivity index (χ2v) is 2.95. The minimum atomic E-state index is -0.438. The maximum absolute atomic E-state index is 10.9. The molecule has 0 radical (unpaired) electrons. The highest BCUT2D eigenvalue weighted by atomic mass is 35.5. The fourth-order valence-electron chi connectivity index (χ4n) is 0.979. The van der Waals surface area contributed by atoms with Crippen molar-refractivity contribution in [1.29, 1.82) is 0 Å². The van der Waals surface area contributed by atoms with Gasteiger partial charge in [0.25, 0.3) is 5.91 Å². The second-order valence-electron chi connectivity index (χ2n) is 2.42. The third-order valence-electron chi connectivity index (χ3n) is 1.50. The Morgan fingerprint density at radius 2 is 2.27 bits per heavy atom. The van der Waals surface area contributed by atoms with Crippen LogP contribution in [0.1, 0.15) is 6.42 Å². The maximum atomic E-state index is 10.9. The molecule has 0 saturated carbocycles. The summed E-state index contributed by atoms with van der Waals surface area (Å²) in [6.45, 7) is 4.20. The summed E-state index contributed by atoms with van der Waals surface area (Å²) in [4.78, 5) is 23.0. The zero-order chi connectivity index (χ0) is 8.43. The molecule has 60 valence electrons. The number of ketones is 1. The van der Waals surface area contributed by atoms with Crippen LogP contribution in [0.4, 0.5) is 0 Å². The minimum absolute atomic E-state index is 0.284. The van der Waals surface area contributed by atoms with E-state index in [1.165, 1.54) is 4.90 Å². The van der Waals surface area contributed by atoms with E-state index >= 15 is 0 Å². The van der Waals surface area contributed by atoms with Crippen molar-refractivity contribution in [2.24, 2.45) is 0 Å². The van der Waals surface area contributed by atoms with Gasteiger partial charge in [-0.25, -0.2) is 0 Å². The Morgan fingerprint density at radius 1 is 1.64 bits per heavy atom. The Hall–Kier alpha value is -0.830. The second kappa shape index (κ2) is 3.05. The number of hydrogen-bond donors (Lipinski definition) is 0. The Balaban J connectivity index is 2.55. The first-order valence-corrected chi connectivity index (χ1v) is 3.64. The number of rotatable bonds is 2. The van der Waals surface area contributed by atoms with Crippen LogP contribution in [0.5, 0.6) is 0 Å². The van der Waals surface area contributed by atoms with E-state index in [0.29, 0.717) is 18.0 Å². The number of nitrogens with zero attached hydrogens (tertiary/aromatic N) is 1. The van der Waals surface area contributed by atoms with Crippen LogP contribution < -0.4 is 0 Å². The lowest BCUT2D eigenvalue weighted by Gasteiger charge is -2.11. The van der Waals surface area contributed by atoms with E-state index in [1.807, 2.05) is 0 Å². The van der Waals surface area contributed by atoms with Crippen molar-refractivity contribution in [1.82, 2.24) is 4.90 Å². The van der Waals surface area contributed by atoms with Crippen LogP contribution in [-0.4, -0.2) is 29.7 Å². The molecule has 4 heteroatoms. The van der Waals surface area contributed by atoms with Crippen molar-refractivity contribution in [2.75, 3.05) is 13.1 Å². The third kappa shape index (κ3) is 1.80. The molecule has 1 rings (SSSR count). The first kappa shape index (κ1) is 8.27. The molecule has 0 atom stereocenters. The fourth-order valence-corrected chi connectivity index (χ4v) is 1.12. The van der Waals surface area contributed by atoms with Gasteiger partial charge in [0.05, 0.1) is 6.54 Å². The van der Waals surface area contributed by atoms with E-state index in [0.717, 1.165) is 0 Å². The van der Waals surface area contributed by atoms with Gasteiger partial charge in [0.15, 0.2) is 0 Å². The lowest BCUT2D eigenvalue weighted by atomic mass is 10.3. The molecular formula is C7H8ClNO2. The van der Waals surface area contributed by atoms with Gasteiger partial charge in [-0.1, -0.05) is 18.2 Å². The number of halogens is 1. The SMILES string of the molecule is C=C(Cl)CN1CCC(=O)C1=O. The average Bonchev–Trinajstić information content (AvgIpc) is 2.18. The molecule has 0 spiro atoms. The van der Waals surface area contributed by atoms with E-state index in [2.05, 4.69) is 6.58 Å². The van der Waals surface area contributed by atoms with Crippen molar-refractivity contribution in [3.05, 3.63) is 11.6 Å². The zero-order valence-corrected chi connectivity index (χ0v) is 6.73. The molecule has 0 aromatic rings. The van der Waals surface area contributed by atoms with Crippen LogP contribution in [0.3, 0.4) is 0 Å². The summed E-state index contributed by atoms with van der Waals surface area (Å²) in [7, 11) is 0. The van der Waals surface area contributed by atoms with Crippen molar-refractivity contribution < 1.29 is 9.59 Å². The quantitative estimate of drug-likeness (QED) is 0.572. The highest BCUT2D eigenvalue weighted by molar-refractivity contribution is 6.38. The normalized spacial score (nSPS) is 17.7. The van der Waals surface area contributed by atoms with Crippen LogP contribution in [0.25, 0.3) is 0 Å². The van der Waals surface area contributed by atoms with Crippen LogP contribution in [0.15, 0.2) is 11.6 Å². The molecule has 1 fully saturated rings. The number of hydrogen-bond acceptors (Lipinski definition) is 2. The monoisotopic (exact) mass is 173 g/mol. The molecular weight excluding hydrogens is 166 g/mol. The molecule has 0 bridgehead atoms. The van der Waals surface area contributed by atoms with E-state index < -0.39 is 5.91 Å². The largest absolute Gasteiger partial charge is 0.330 e. The van der Waals surface area contributed by atoms with Gasteiger partial charge in [-0.3, -0.25) is 9.59 Å². The summed E-state index contributed by atoms with van der Waals surface area (Å²) < 4.78 is 0. The van der Waals surface area contributed by atoms with Gasteiger partial charge < -0.3 is 4.90 Å². The lowest BCUT2D eigenvalue weighted by Crippen LogP contribution is -2.28. The summed E-state index contributed by atoms with van der Waals surface area (Å²) in [5, 5.41) is 0.382. The molecule has 0 N–H and O–H groups in total. The summed E-state index contributed by atoms with van der Waals surface area (Å²) in [5.41, 5.74) is 0. The standard InChI is InChI=1S/C7H8ClNO2/c1-5(8)4-9-3-2-6(10)7(9)11/h1-4H2. The van der Waals surface area contributed by atoms with Gasteiger partial charge in [0.2, 0.25) is 5.78 Å². The third-order valence-corrected chi connectivity index (χ3v) is 1.62. The first-order chi connectivity index (χ1) is 5.11. The van der Waals surface area contributed by atoms with Gasteiger partial charge in [-0.05, 0) is 0 Å². The fraction of sp³-hybridized carbons (Fsp3) is 0.429. The molecule has 3 nitrogen and oxygen atoms in total. The van der Waals surface area contributed by atoms with Gasteiger partial charge in [0.1, 0.15) is 0 Å². The first-order valence-electron chi connectivity index (χ1n) is 3.26. The molecule has 0 unspecified atom stereocenters. The van der Waals surface area contributed by atoms with Gasteiger partial charge in [0, 0.05) is 18.0 Å².